The van der Waals surface area contributed by atoms with E-state index in [0.717, 1.165) is 16.3 Å². The van der Waals surface area contributed by atoms with Crippen LogP contribution in [0.2, 0.25) is 0 Å². The Kier molecular flexibility index (Phi) is 5.22. The molecular weight excluding hydrogens is 294 g/mol. The van der Waals surface area contributed by atoms with Crippen molar-refractivity contribution in [2.24, 2.45) is 0 Å². The molecule has 0 saturated carbocycles. The van der Waals surface area contributed by atoms with Crippen LogP contribution < -0.4 is 4.72 Å². The number of hydrogen-bond donors (Lipinski definition) is 1. The average Bonchev–Trinajstić information content (AvgIpc) is 2.88. The normalized spacial score (nSPS) is 11.7. The van der Waals surface area contributed by atoms with Crippen molar-refractivity contribution in [2.75, 3.05) is 12.3 Å². The van der Waals surface area contributed by atoms with Gasteiger partial charge in [0, 0.05) is 36.3 Å². The molecule has 2 aromatic rings. The molecule has 0 bridgehead atoms. The second-order valence-corrected chi connectivity index (χ2v) is 7.13. The van der Waals surface area contributed by atoms with Crippen LogP contribution in [0.25, 0.3) is 10.6 Å². The van der Waals surface area contributed by atoms with Crippen molar-refractivity contribution < 1.29 is 8.42 Å². The van der Waals surface area contributed by atoms with Gasteiger partial charge in [0.15, 0.2) is 0 Å². The number of aromatic nitrogens is 2. The molecule has 0 spiro atoms. The number of sulfonamides is 1. The highest BCUT2D eigenvalue weighted by Crippen LogP contribution is 2.22. The summed E-state index contributed by atoms with van der Waals surface area (Å²) >= 11 is 1.54. The van der Waals surface area contributed by atoms with Crippen LogP contribution in [0.1, 0.15) is 19.0 Å². The minimum Gasteiger partial charge on any atom is -0.264 e. The molecule has 0 aliphatic carbocycles. The molecule has 20 heavy (non-hydrogen) atoms. The first-order valence-electron chi connectivity index (χ1n) is 6.43. The van der Waals surface area contributed by atoms with Gasteiger partial charge in [-0.3, -0.25) is 4.98 Å². The molecule has 7 heteroatoms. The maximum Gasteiger partial charge on any atom is 0.211 e. The molecule has 0 aromatic carbocycles. The minimum atomic E-state index is -3.13. The topological polar surface area (TPSA) is 72.0 Å². The maximum atomic E-state index is 11.5. The Balaban J connectivity index is 1.91. The average molecular weight is 311 g/mol. The predicted molar refractivity (Wildman–Crippen MR) is 81.1 cm³/mol. The molecule has 0 aliphatic heterocycles. The van der Waals surface area contributed by atoms with Crippen LogP contribution in [-0.4, -0.2) is 30.7 Å². The third-order valence-electron chi connectivity index (χ3n) is 2.64. The number of thiazole rings is 1. The third-order valence-corrected chi connectivity index (χ3v) is 5.17. The first kappa shape index (κ1) is 15.1. The summed E-state index contributed by atoms with van der Waals surface area (Å²) in [6.07, 6.45) is 4.71. The number of nitrogens with zero attached hydrogens (tertiary/aromatic N) is 2. The van der Waals surface area contributed by atoms with Gasteiger partial charge in [-0.15, -0.1) is 11.3 Å². The summed E-state index contributed by atoms with van der Waals surface area (Å²) in [4.78, 5) is 8.55. The lowest BCUT2D eigenvalue weighted by atomic mass is 10.3. The fourth-order valence-corrected chi connectivity index (χ4v) is 3.66. The summed E-state index contributed by atoms with van der Waals surface area (Å²) in [5.74, 6) is 0.172. The van der Waals surface area contributed by atoms with Gasteiger partial charge in [0.25, 0.3) is 0 Å². The van der Waals surface area contributed by atoms with Crippen molar-refractivity contribution in [3.63, 3.8) is 0 Å². The van der Waals surface area contributed by atoms with E-state index in [0.29, 0.717) is 19.4 Å². The lowest BCUT2D eigenvalue weighted by molar-refractivity contribution is 0.580. The molecule has 0 amide bonds. The molecular formula is C13H17N3O2S2. The van der Waals surface area contributed by atoms with Crippen molar-refractivity contribution >= 4 is 21.4 Å². The SMILES string of the molecule is CCCS(=O)(=O)NCCc1csc(-c2cccnc2)n1. The summed E-state index contributed by atoms with van der Waals surface area (Å²) in [6.45, 7) is 2.23. The lowest BCUT2D eigenvalue weighted by Gasteiger charge is -2.03. The van der Waals surface area contributed by atoms with E-state index in [-0.39, 0.29) is 5.75 Å². The summed E-state index contributed by atoms with van der Waals surface area (Å²) in [7, 11) is -3.13. The van der Waals surface area contributed by atoms with Crippen LogP contribution in [0.15, 0.2) is 29.9 Å². The zero-order chi connectivity index (χ0) is 14.4. The molecule has 0 fully saturated rings. The highest BCUT2D eigenvalue weighted by molar-refractivity contribution is 7.89. The van der Waals surface area contributed by atoms with Gasteiger partial charge in [-0.2, -0.15) is 0 Å². The van der Waals surface area contributed by atoms with Gasteiger partial charge in [0.2, 0.25) is 10.0 Å². The lowest BCUT2D eigenvalue weighted by Crippen LogP contribution is -2.28. The summed E-state index contributed by atoms with van der Waals surface area (Å²) in [6, 6.07) is 3.83. The van der Waals surface area contributed by atoms with E-state index >= 15 is 0 Å². The summed E-state index contributed by atoms with van der Waals surface area (Å²) < 4.78 is 25.6. The van der Waals surface area contributed by atoms with Gasteiger partial charge in [-0.05, 0) is 18.6 Å². The Bertz CT molecular complexity index is 639. The molecule has 0 unspecified atom stereocenters. The van der Waals surface area contributed by atoms with Crippen LogP contribution in [0.5, 0.6) is 0 Å². The van der Waals surface area contributed by atoms with Gasteiger partial charge in [0.1, 0.15) is 5.01 Å². The maximum absolute atomic E-state index is 11.5. The van der Waals surface area contributed by atoms with Gasteiger partial charge >= 0.3 is 0 Å². The molecule has 1 N–H and O–H groups in total. The summed E-state index contributed by atoms with van der Waals surface area (Å²) in [5.41, 5.74) is 1.88. The Morgan fingerprint density at radius 1 is 1.40 bits per heavy atom. The van der Waals surface area contributed by atoms with Gasteiger partial charge in [-0.1, -0.05) is 6.92 Å². The molecule has 0 aliphatic rings. The zero-order valence-electron chi connectivity index (χ0n) is 11.2. The molecule has 0 radical (unpaired) electrons. The zero-order valence-corrected chi connectivity index (χ0v) is 12.9. The highest BCUT2D eigenvalue weighted by atomic mass is 32.2. The second-order valence-electron chi connectivity index (χ2n) is 4.35. The fourth-order valence-electron chi connectivity index (χ4n) is 1.72. The van der Waals surface area contributed by atoms with Crippen molar-refractivity contribution in [1.82, 2.24) is 14.7 Å². The van der Waals surface area contributed by atoms with Crippen LogP contribution in [0.4, 0.5) is 0 Å². The van der Waals surface area contributed by atoms with E-state index in [1.165, 1.54) is 0 Å². The molecule has 0 atom stereocenters. The van der Waals surface area contributed by atoms with Crippen LogP contribution in [0, 0.1) is 0 Å². The van der Waals surface area contributed by atoms with Crippen LogP contribution >= 0.6 is 11.3 Å². The van der Waals surface area contributed by atoms with Crippen molar-refractivity contribution in [3.05, 3.63) is 35.6 Å². The Hall–Kier alpha value is -1.31. The Morgan fingerprint density at radius 2 is 2.25 bits per heavy atom. The molecule has 2 aromatic heterocycles. The van der Waals surface area contributed by atoms with E-state index in [1.54, 1.807) is 23.7 Å². The van der Waals surface area contributed by atoms with E-state index in [9.17, 15) is 8.42 Å². The predicted octanol–water partition coefficient (Wildman–Crippen LogP) is 2.08. The van der Waals surface area contributed by atoms with Crippen molar-refractivity contribution in [1.29, 1.82) is 0 Å². The first-order valence-corrected chi connectivity index (χ1v) is 8.96. The van der Waals surface area contributed by atoms with E-state index < -0.39 is 10.0 Å². The first-order chi connectivity index (χ1) is 9.61. The standard InChI is InChI=1S/C13H17N3O2S2/c1-2-8-20(17,18)15-7-5-12-10-19-13(16-12)11-4-3-6-14-9-11/h3-4,6,9-10,15H,2,5,7-8H2,1H3. The largest absolute Gasteiger partial charge is 0.264 e. The van der Waals surface area contributed by atoms with Crippen LogP contribution in [0.3, 0.4) is 0 Å². The number of pyridine rings is 1. The molecule has 108 valence electrons. The van der Waals surface area contributed by atoms with E-state index in [2.05, 4.69) is 14.7 Å². The van der Waals surface area contributed by atoms with Gasteiger partial charge in [0.05, 0.1) is 11.4 Å². The minimum absolute atomic E-state index is 0.172. The number of rotatable bonds is 7. The molecule has 2 rings (SSSR count). The highest BCUT2D eigenvalue weighted by Gasteiger charge is 2.09. The molecule has 5 nitrogen and oxygen atoms in total. The van der Waals surface area contributed by atoms with Crippen molar-refractivity contribution in [2.45, 2.75) is 19.8 Å². The number of nitrogens with one attached hydrogen (secondary N) is 1. The monoisotopic (exact) mass is 311 g/mol. The second kappa shape index (κ2) is 6.92. The Morgan fingerprint density at radius 3 is 2.95 bits per heavy atom. The van der Waals surface area contributed by atoms with Crippen LogP contribution in [-0.2, 0) is 16.4 Å². The molecule has 0 saturated heterocycles. The quantitative estimate of drug-likeness (QED) is 0.849. The summed E-state index contributed by atoms with van der Waals surface area (Å²) in [5, 5.41) is 2.86. The van der Waals surface area contributed by atoms with Gasteiger partial charge < -0.3 is 0 Å². The third kappa shape index (κ3) is 4.36. The van der Waals surface area contributed by atoms with E-state index in [4.69, 9.17) is 0 Å². The fraction of sp³-hybridized carbons (Fsp3) is 0.385. The number of hydrogen-bond acceptors (Lipinski definition) is 5. The smallest absolute Gasteiger partial charge is 0.211 e. The molecule has 2 heterocycles. The van der Waals surface area contributed by atoms with E-state index in [1.807, 2.05) is 24.4 Å². The Labute approximate surface area is 123 Å². The van der Waals surface area contributed by atoms with Gasteiger partial charge in [-0.25, -0.2) is 18.1 Å². The van der Waals surface area contributed by atoms with Crippen molar-refractivity contribution in [3.8, 4) is 10.6 Å².